The van der Waals surface area contributed by atoms with Crippen LogP contribution in [-0.4, -0.2) is 31.4 Å². The van der Waals surface area contributed by atoms with E-state index in [9.17, 15) is 0 Å². The van der Waals surface area contributed by atoms with E-state index in [1.165, 1.54) is 11.3 Å². The molecule has 23 heavy (non-hydrogen) atoms. The second kappa shape index (κ2) is 6.22. The minimum absolute atomic E-state index is 0.814. The third kappa shape index (κ3) is 3.10. The summed E-state index contributed by atoms with van der Waals surface area (Å²) in [7, 11) is 0. The molecule has 4 rings (SSSR count). The van der Waals surface area contributed by atoms with Crippen LogP contribution in [0.3, 0.4) is 0 Å². The third-order valence-electron chi connectivity index (χ3n) is 4.07. The van der Waals surface area contributed by atoms with Crippen molar-refractivity contribution in [2.75, 3.05) is 6.54 Å². The number of hydrogen-bond donors (Lipinski definition) is 0. The van der Waals surface area contributed by atoms with Gasteiger partial charge in [-0.2, -0.15) is 0 Å². The maximum Gasteiger partial charge on any atom is 0.159 e. The first-order valence-corrected chi connectivity index (χ1v) is 7.75. The van der Waals surface area contributed by atoms with Crippen molar-refractivity contribution in [1.82, 2.24) is 24.8 Å². The van der Waals surface area contributed by atoms with Gasteiger partial charge in [-0.25, -0.2) is 19.9 Å². The summed E-state index contributed by atoms with van der Waals surface area (Å²) in [5, 5.41) is 0. The molecular formula is C18H17N5. The van der Waals surface area contributed by atoms with Crippen LogP contribution < -0.4 is 0 Å². The van der Waals surface area contributed by atoms with Crippen LogP contribution in [0.25, 0.3) is 11.4 Å². The molecule has 114 valence electrons. The van der Waals surface area contributed by atoms with Gasteiger partial charge in [0.1, 0.15) is 6.33 Å². The Morgan fingerprint density at radius 1 is 1.00 bits per heavy atom. The molecule has 0 saturated carbocycles. The highest BCUT2D eigenvalue weighted by Gasteiger charge is 2.19. The number of hydrogen-bond acceptors (Lipinski definition) is 5. The minimum Gasteiger partial charge on any atom is -0.294 e. The van der Waals surface area contributed by atoms with Gasteiger partial charge in [-0.1, -0.05) is 30.3 Å². The molecule has 5 nitrogen and oxygen atoms in total. The normalized spacial score (nSPS) is 14.4. The molecule has 0 radical (unpaired) electrons. The van der Waals surface area contributed by atoms with E-state index in [1.807, 2.05) is 48.9 Å². The van der Waals surface area contributed by atoms with Gasteiger partial charge in [-0.15, -0.1) is 0 Å². The lowest BCUT2D eigenvalue weighted by molar-refractivity contribution is 0.242. The van der Waals surface area contributed by atoms with Crippen LogP contribution in [0.4, 0.5) is 0 Å². The highest BCUT2D eigenvalue weighted by molar-refractivity contribution is 5.54. The second-order valence-electron chi connectivity index (χ2n) is 5.74. The van der Waals surface area contributed by atoms with Crippen molar-refractivity contribution in [3.8, 4) is 11.4 Å². The van der Waals surface area contributed by atoms with E-state index in [-0.39, 0.29) is 0 Å². The second-order valence-corrected chi connectivity index (χ2v) is 5.74. The lowest BCUT2D eigenvalue weighted by atomic mass is 10.1. The standard InChI is InChI=1S/C18H17N5/c1-2-4-15(5-3-1)18-21-10-16-12-23(7-6-17(16)22-18)11-14-8-19-13-20-9-14/h1-5,8-10,13H,6-7,11-12H2. The van der Waals surface area contributed by atoms with E-state index < -0.39 is 0 Å². The Balaban J connectivity index is 1.52. The molecular weight excluding hydrogens is 286 g/mol. The summed E-state index contributed by atoms with van der Waals surface area (Å²) in [5.41, 5.74) is 4.59. The zero-order valence-corrected chi connectivity index (χ0v) is 12.8. The van der Waals surface area contributed by atoms with E-state index >= 15 is 0 Å². The van der Waals surface area contributed by atoms with E-state index in [0.717, 1.165) is 43.0 Å². The fourth-order valence-electron chi connectivity index (χ4n) is 2.91. The molecule has 1 aromatic carbocycles. The highest BCUT2D eigenvalue weighted by atomic mass is 15.1. The zero-order valence-electron chi connectivity index (χ0n) is 12.8. The molecule has 0 saturated heterocycles. The van der Waals surface area contributed by atoms with Crippen LogP contribution in [0.2, 0.25) is 0 Å². The van der Waals surface area contributed by atoms with Gasteiger partial charge in [-0.3, -0.25) is 4.90 Å². The maximum atomic E-state index is 4.76. The van der Waals surface area contributed by atoms with Crippen molar-refractivity contribution >= 4 is 0 Å². The third-order valence-corrected chi connectivity index (χ3v) is 4.07. The molecule has 3 aromatic rings. The van der Waals surface area contributed by atoms with E-state index in [4.69, 9.17) is 4.98 Å². The molecule has 2 aromatic heterocycles. The Hall–Kier alpha value is -2.66. The first-order valence-electron chi connectivity index (χ1n) is 7.75. The molecule has 0 atom stereocenters. The number of benzene rings is 1. The summed E-state index contributed by atoms with van der Waals surface area (Å²) in [4.78, 5) is 19.8. The molecule has 0 spiro atoms. The van der Waals surface area contributed by atoms with Gasteiger partial charge in [0.05, 0.1) is 5.69 Å². The maximum absolute atomic E-state index is 4.76. The Kier molecular flexibility index (Phi) is 3.78. The predicted molar refractivity (Wildman–Crippen MR) is 87.3 cm³/mol. The average Bonchev–Trinajstić information content (AvgIpc) is 2.63. The molecule has 0 fully saturated rings. The van der Waals surface area contributed by atoms with Gasteiger partial charge in [0, 0.05) is 61.3 Å². The first-order chi connectivity index (χ1) is 11.4. The molecule has 0 N–H and O–H groups in total. The summed E-state index contributed by atoms with van der Waals surface area (Å²) < 4.78 is 0. The molecule has 1 aliphatic rings. The largest absolute Gasteiger partial charge is 0.294 e. The van der Waals surface area contributed by atoms with Gasteiger partial charge < -0.3 is 0 Å². The quantitative estimate of drug-likeness (QED) is 0.744. The summed E-state index contributed by atoms with van der Waals surface area (Å²) in [5.74, 6) is 0.814. The predicted octanol–water partition coefficient (Wildman–Crippen LogP) is 2.49. The zero-order chi connectivity index (χ0) is 15.5. The van der Waals surface area contributed by atoms with Gasteiger partial charge in [-0.05, 0) is 0 Å². The Bertz CT molecular complexity index is 789. The van der Waals surface area contributed by atoms with Crippen LogP contribution in [-0.2, 0) is 19.5 Å². The van der Waals surface area contributed by atoms with Crippen LogP contribution in [0.1, 0.15) is 16.8 Å². The molecule has 5 heteroatoms. The SMILES string of the molecule is c1ccc(-c2ncc3c(n2)CCN(Cc2cncnc2)C3)cc1. The Labute approximate surface area is 135 Å². The molecule has 3 heterocycles. The fraction of sp³-hybridized carbons (Fsp3) is 0.222. The molecule has 0 aliphatic carbocycles. The van der Waals surface area contributed by atoms with Crippen molar-refractivity contribution in [2.24, 2.45) is 0 Å². The summed E-state index contributed by atoms with van der Waals surface area (Å²) in [6.45, 7) is 2.73. The van der Waals surface area contributed by atoms with Crippen molar-refractivity contribution in [3.63, 3.8) is 0 Å². The van der Waals surface area contributed by atoms with Crippen LogP contribution >= 0.6 is 0 Å². The molecule has 0 amide bonds. The summed E-state index contributed by atoms with van der Waals surface area (Å²) in [6, 6.07) is 10.1. The minimum atomic E-state index is 0.814. The monoisotopic (exact) mass is 303 g/mol. The van der Waals surface area contributed by atoms with E-state index in [1.54, 1.807) is 6.33 Å². The van der Waals surface area contributed by atoms with Gasteiger partial charge in [0.25, 0.3) is 0 Å². The van der Waals surface area contributed by atoms with Gasteiger partial charge in [0.2, 0.25) is 0 Å². The van der Waals surface area contributed by atoms with Crippen molar-refractivity contribution in [3.05, 3.63) is 72.1 Å². The van der Waals surface area contributed by atoms with Crippen LogP contribution in [0, 0.1) is 0 Å². The van der Waals surface area contributed by atoms with Gasteiger partial charge >= 0.3 is 0 Å². The average molecular weight is 303 g/mol. The smallest absolute Gasteiger partial charge is 0.159 e. The van der Waals surface area contributed by atoms with E-state index in [2.05, 4.69) is 19.9 Å². The Morgan fingerprint density at radius 3 is 2.65 bits per heavy atom. The highest BCUT2D eigenvalue weighted by Crippen LogP contribution is 2.21. The number of nitrogens with zero attached hydrogens (tertiary/aromatic N) is 5. The summed E-state index contributed by atoms with van der Waals surface area (Å²) >= 11 is 0. The lowest BCUT2D eigenvalue weighted by Crippen LogP contribution is -2.31. The van der Waals surface area contributed by atoms with E-state index in [0.29, 0.717) is 0 Å². The first kappa shape index (κ1) is 14.0. The fourth-order valence-corrected chi connectivity index (χ4v) is 2.91. The number of rotatable bonds is 3. The molecule has 0 bridgehead atoms. The molecule has 0 unspecified atom stereocenters. The van der Waals surface area contributed by atoms with Crippen LogP contribution in [0.5, 0.6) is 0 Å². The topological polar surface area (TPSA) is 54.8 Å². The number of aromatic nitrogens is 4. The van der Waals surface area contributed by atoms with Crippen molar-refractivity contribution < 1.29 is 0 Å². The van der Waals surface area contributed by atoms with Crippen molar-refractivity contribution in [2.45, 2.75) is 19.5 Å². The Morgan fingerprint density at radius 2 is 1.83 bits per heavy atom. The van der Waals surface area contributed by atoms with Crippen molar-refractivity contribution in [1.29, 1.82) is 0 Å². The lowest BCUT2D eigenvalue weighted by Gasteiger charge is -2.27. The number of fused-ring (bicyclic) bond motifs is 1. The van der Waals surface area contributed by atoms with Crippen LogP contribution in [0.15, 0.2) is 55.2 Å². The summed E-state index contributed by atoms with van der Waals surface area (Å²) in [6.07, 6.45) is 8.23. The molecule has 1 aliphatic heterocycles. The van der Waals surface area contributed by atoms with Gasteiger partial charge in [0.15, 0.2) is 5.82 Å².